The fraction of sp³-hybridized carbons (Fsp3) is 0.222. The van der Waals surface area contributed by atoms with Crippen molar-refractivity contribution in [3.63, 3.8) is 0 Å². The highest BCUT2D eigenvalue weighted by Gasteiger charge is 2.17. The lowest BCUT2D eigenvalue weighted by Gasteiger charge is -2.20. The topological polar surface area (TPSA) is 86.2 Å². The third-order valence-electron chi connectivity index (χ3n) is 3.84. The van der Waals surface area contributed by atoms with E-state index in [-0.39, 0.29) is 4.90 Å². The van der Waals surface area contributed by atoms with Gasteiger partial charge in [0.2, 0.25) is 10.0 Å². The van der Waals surface area contributed by atoms with Crippen LogP contribution < -0.4 is 14.9 Å². The molecule has 0 amide bonds. The van der Waals surface area contributed by atoms with E-state index in [2.05, 4.69) is 26.7 Å². The molecule has 2 N–H and O–H groups in total. The zero-order valence-electron chi connectivity index (χ0n) is 15.3. The van der Waals surface area contributed by atoms with Crippen molar-refractivity contribution in [1.29, 1.82) is 0 Å². The molecule has 0 spiro atoms. The van der Waals surface area contributed by atoms with Gasteiger partial charge in [0.25, 0.3) is 0 Å². The van der Waals surface area contributed by atoms with Gasteiger partial charge in [0.1, 0.15) is 5.84 Å². The molecule has 7 nitrogen and oxygen atoms in total. The molecule has 0 aliphatic rings. The molecule has 0 fully saturated rings. The lowest BCUT2D eigenvalue weighted by atomic mass is 10.1. The first-order valence-corrected chi connectivity index (χ1v) is 9.37. The van der Waals surface area contributed by atoms with Crippen molar-refractivity contribution in [1.82, 2.24) is 4.72 Å². The first-order chi connectivity index (χ1) is 12.3. The average molecular weight is 373 g/mol. The Morgan fingerprint density at radius 1 is 1.15 bits per heavy atom. The van der Waals surface area contributed by atoms with Gasteiger partial charge in [0.05, 0.1) is 22.0 Å². The van der Waals surface area contributed by atoms with Crippen LogP contribution >= 0.6 is 0 Å². The summed E-state index contributed by atoms with van der Waals surface area (Å²) in [5.41, 5.74) is 2.90. The summed E-state index contributed by atoms with van der Waals surface area (Å²) in [6, 6.07) is 12.4. The molecule has 0 heterocycles. The quantitative estimate of drug-likeness (QED) is 0.602. The predicted octanol–water partition coefficient (Wildman–Crippen LogP) is 2.48. The van der Waals surface area contributed by atoms with Crippen LogP contribution in [0.2, 0.25) is 0 Å². The Morgan fingerprint density at radius 2 is 1.85 bits per heavy atom. The number of nitrogens with one attached hydrogen (secondary N) is 2. The molecule has 0 atom stereocenters. The third-order valence-corrected chi connectivity index (χ3v) is 5.25. The number of amidine groups is 1. The van der Waals surface area contributed by atoms with E-state index in [1.807, 2.05) is 43.3 Å². The minimum atomic E-state index is -3.56. The highest BCUT2D eigenvalue weighted by atomic mass is 32.2. The molecule has 138 valence electrons. The molecule has 0 aliphatic carbocycles. The van der Waals surface area contributed by atoms with Gasteiger partial charge < -0.3 is 10.2 Å². The maximum Gasteiger partial charge on any atom is 0.240 e. The first-order valence-electron chi connectivity index (χ1n) is 7.89. The Balaban J connectivity index is 2.55. The molecular formula is C18H23N5O2S. The number of sulfonamides is 1. The van der Waals surface area contributed by atoms with Crippen LogP contribution in [0.5, 0.6) is 0 Å². The van der Waals surface area contributed by atoms with Crippen LogP contribution in [0.3, 0.4) is 0 Å². The Kier molecular flexibility index (Phi) is 6.12. The molecule has 0 aromatic heterocycles. The minimum absolute atomic E-state index is 0.165. The van der Waals surface area contributed by atoms with Gasteiger partial charge in [-0.05, 0) is 44.1 Å². The van der Waals surface area contributed by atoms with Crippen molar-refractivity contribution >= 4 is 39.6 Å². The van der Waals surface area contributed by atoms with E-state index in [0.717, 1.165) is 11.3 Å². The second-order valence-corrected chi connectivity index (χ2v) is 7.54. The third kappa shape index (κ3) is 4.09. The van der Waals surface area contributed by atoms with E-state index < -0.39 is 10.0 Å². The van der Waals surface area contributed by atoms with Crippen LogP contribution in [0.4, 0.5) is 17.1 Å². The number of nitrogens with zero attached hydrogens (tertiary/aromatic N) is 3. The SMILES string of the molecule is C=Nc1ccccc1C(=NC)Nc1cc(S(=O)(=O)NC)ccc1N(C)C. The van der Waals surface area contributed by atoms with Crippen molar-refractivity contribution in [3.8, 4) is 0 Å². The predicted molar refractivity (Wildman–Crippen MR) is 109 cm³/mol. The van der Waals surface area contributed by atoms with E-state index >= 15 is 0 Å². The molecular weight excluding hydrogens is 350 g/mol. The van der Waals surface area contributed by atoms with Crippen LogP contribution in [-0.2, 0) is 10.0 Å². The molecule has 0 saturated heterocycles. The van der Waals surface area contributed by atoms with Gasteiger partial charge in [-0.3, -0.25) is 9.98 Å². The van der Waals surface area contributed by atoms with Crippen LogP contribution in [0.25, 0.3) is 0 Å². The van der Waals surface area contributed by atoms with Crippen molar-refractivity contribution in [2.45, 2.75) is 4.90 Å². The Labute approximate surface area is 154 Å². The summed E-state index contributed by atoms with van der Waals surface area (Å²) < 4.78 is 26.6. The summed E-state index contributed by atoms with van der Waals surface area (Å²) in [5.74, 6) is 0.565. The zero-order valence-corrected chi connectivity index (χ0v) is 16.1. The molecule has 26 heavy (non-hydrogen) atoms. The lowest BCUT2D eigenvalue weighted by molar-refractivity contribution is 0.588. The second-order valence-electron chi connectivity index (χ2n) is 5.65. The van der Waals surface area contributed by atoms with Crippen molar-refractivity contribution in [2.24, 2.45) is 9.98 Å². The molecule has 0 saturated carbocycles. The van der Waals surface area contributed by atoms with Gasteiger partial charge in [-0.25, -0.2) is 13.1 Å². The van der Waals surface area contributed by atoms with Gasteiger partial charge in [0, 0.05) is 26.7 Å². The minimum Gasteiger partial charge on any atom is -0.376 e. The summed E-state index contributed by atoms with van der Waals surface area (Å²) in [4.78, 5) is 10.4. The molecule has 8 heteroatoms. The summed E-state index contributed by atoms with van der Waals surface area (Å²) >= 11 is 0. The van der Waals surface area contributed by atoms with Gasteiger partial charge >= 0.3 is 0 Å². The standard InChI is InChI=1S/C18H23N5O2S/c1-19-15-9-7-6-8-14(15)18(20-2)22-16-12-13(26(24,25)21-3)10-11-17(16)23(4)5/h6-12,21H,1H2,2-5H3,(H,20,22). The molecule has 0 aliphatic heterocycles. The van der Waals surface area contributed by atoms with E-state index in [1.165, 1.54) is 7.05 Å². The number of hydrogen-bond acceptors (Lipinski definition) is 5. The van der Waals surface area contributed by atoms with E-state index in [1.54, 1.807) is 25.2 Å². The highest BCUT2D eigenvalue weighted by molar-refractivity contribution is 7.89. The number of rotatable bonds is 6. The zero-order chi connectivity index (χ0) is 19.3. The van der Waals surface area contributed by atoms with Crippen molar-refractivity contribution < 1.29 is 8.42 Å². The number of para-hydroxylation sites is 1. The van der Waals surface area contributed by atoms with Crippen LogP contribution in [0, 0.1) is 0 Å². The second kappa shape index (κ2) is 8.11. The smallest absolute Gasteiger partial charge is 0.240 e. The summed E-state index contributed by atoms with van der Waals surface area (Å²) in [7, 11) is 3.25. The van der Waals surface area contributed by atoms with Gasteiger partial charge in [-0.15, -0.1) is 0 Å². The molecule has 0 unspecified atom stereocenters. The summed E-state index contributed by atoms with van der Waals surface area (Å²) in [6.45, 7) is 3.59. The molecule has 0 bridgehead atoms. The molecule has 2 aromatic rings. The number of benzene rings is 2. The maximum absolute atomic E-state index is 12.2. The summed E-state index contributed by atoms with van der Waals surface area (Å²) in [5, 5.41) is 3.23. The Morgan fingerprint density at radius 3 is 2.42 bits per heavy atom. The fourth-order valence-electron chi connectivity index (χ4n) is 2.47. The van der Waals surface area contributed by atoms with Crippen LogP contribution in [0.15, 0.2) is 57.3 Å². The van der Waals surface area contributed by atoms with E-state index in [9.17, 15) is 8.42 Å². The van der Waals surface area contributed by atoms with Gasteiger partial charge in [-0.1, -0.05) is 12.1 Å². The van der Waals surface area contributed by atoms with Crippen LogP contribution in [0.1, 0.15) is 5.56 Å². The lowest BCUT2D eigenvalue weighted by Crippen LogP contribution is -2.21. The monoisotopic (exact) mass is 373 g/mol. The number of aliphatic imine (C=N–C) groups is 2. The number of anilines is 2. The van der Waals surface area contributed by atoms with Crippen molar-refractivity contribution in [2.75, 3.05) is 38.4 Å². The van der Waals surface area contributed by atoms with E-state index in [4.69, 9.17) is 0 Å². The molecule has 2 rings (SSSR count). The van der Waals surface area contributed by atoms with Gasteiger partial charge in [-0.2, -0.15) is 0 Å². The van der Waals surface area contributed by atoms with E-state index in [0.29, 0.717) is 17.2 Å². The summed E-state index contributed by atoms with van der Waals surface area (Å²) in [6.07, 6.45) is 0. The average Bonchev–Trinajstić information content (AvgIpc) is 2.65. The Hall–Kier alpha value is -2.71. The number of hydrogen-bond donors (Lipinski definition) is 2. The maximum atomic E-state index is 12.2. The first kappa shape index (κ1) is 19.6. The normalized spacial score (nSPS) is 11.9. The van der Waals surface area contributed by atoms with Crippen molar-refractivity contribution in [3.05, 3.63) is 48.0 Å². The fourth-order valence-corrected chi connectivity index (χ4v) is 3.23. The Bertz CT molecular complexity index is 936. The molecule has 2 aromatic carbocycles. The van der Waals surface area contributed by atoms with Crippen LogP contribution in [-0.4, -0.2) is 49.2 Å². The molecule has 0 radical (unpaired) electrons. The van der Waals surface area contributed by atoms with Gasteiger partial charge in [0.15, 0.2) is 0 Å². The highest BCUT2D eigenvalue weighted by Crippen LogP contribution is 2.29. The largest absolute Gasteiger partial charge is 0.376 e.